The summed E-state index contributed by atoms with van der Waals surface area (Å²) in [6.45, 7) is 6.34. The number of carbonyl (C=O) groups is 1. The van der Waals surface area contributed by atoms with E-state index in [0.29, 0.717) is 22.9 Å². The number of rotatable bonds is 8. The molecule has 1 aromatic heterocycles. The highest BCUT2D eigenvalue weighted by atomic mass is 19.4. The van der Waals surface area contributed by atoms with Crippen molar-refractivity contribution < 1.29 is 22.7 Å². The van der Waals surface area contributed by atoms with Crippen LogP contribution in [0.4, 0.5) is 19.0 Å². The number of aromatic nitrogens is 1. The first kappa shape index (κ1) is 22.1. The van der Waals surface area contributed by atoms with E-state index in [1.807, 2.05) is 6.92 Å². The van der Waals surface area contributed by atoms with Crippen molar-refractivity contribution in [2.24, 2.45) is 17.8 Å². The molecule has 7 heteroatoms. The molecule has 0 aliphatic heterocycles. The van der Waals surface area contributed by atoms with Gasteiger partial charge in [-0.25, -0.2) is 4.98 Å². The molecule has 1 aliphatic rings. The van der Waals surface area contributed by atoms with Gasteiger partial charge >= 0.3 is 6.18 Å². The standard InChI is InChI=1S/C23H27F3N2O2/c1-14(2)10-15(3)13-30-20-7-6-17(11-19(20)23(24,25)26)18-8-9-27-21(12-18)28-22(29)16-4-5-16/h6-9,11-12,14-16H,4-5,10,13H2,1-3H3,(H,27,28,29)/t15-/m1/s1. The van der Waals surface area contributed by atoms with Gasteiger partial charge in [-0.3, -0.25) is 4.79 Å². The van der Waals surface area contributed by atoms with E-state index in [9.17, 15) is 18.0 Å². The molecule has 0 radical (unpaired) electrons. The molecule has 1 atom stereocenters. The van der Waals surface area contributed by atoms with Crippen LogP contribution in [-0.4, -0.2) is 17.5 Å². The summed E-state index contributed by atoms with van der Waals surface area (Å²) >= 11 is 0. The monoisotopic (exact) mass is 420 g/mol. The van der Waals surface area contributed by atoms with Crippen LogP contribution >= 0.6 is 0 Å². The van der Waals surface area contributed by atoms with Gasteiger partial charge in [0.15, 0.2) is 0 Å². The molecule has 1 N–H and O–H groups in total. The minimum absolute atomic E-state index is 0.0156. The quantitative estimate of drug-likeness (QED) is 0.555. The number of pyridine rings is 1. The number of nitrogens with one attached hydrogen (secondary N) is 1. The van der Waals surface area contributed by atoms with E-state index in [1.54, 1.807) is 18.2 Å². The van der Waals surface area contributed by atoms with Gasteiger partial charge in [0.05, 0.1) is 12.2 Å². The second-order valence-corrected chi connectivity index (χ2v) is 8.45. The molecule has 1 aromatic carbocycles. The van der Waals surface area contributed by atoms with Crippen LogP contribution in [0.25, 0.3) is 11.1 Å². The first-order valence-electron chi connectivity index (χ1n) is 10.2. The predicted octanol–water partition coefficient (Wildman–Crippen LogP) is 6.18. The first-order valence-corrected chi connectivity index (χ1v) is 10.2. The number of nitrogens with zero attached hydrogens (tertiary/aromatic N) is 1. The minimum atomic E-state index is -4.54. The van der Waals surface area contributed by atoms with E-state index in [0.717, 1.165) is 25.3 Å². The molecule has 2 aromatic rings. The Morgan fingerprint density at radius 3 is 2.50 bits per heavy atom. The van der Waals surface area contributed by atoms with Gasteiger partial charge < -0.3 is 10.1 Å². The van der Waals surface area contributed by atoms with E-state index in [4.69, 9.17) is 4.74 Å². The highest BCUT2D eigenvalue weighted by Crippen LogP contribution is 2.39. The number of amides is 1. The molecule has 1 saturated carbocycles. The lowest BCUT2D eigenvalue weighted by Crippen LogP contribution is -2.15. The Bertz CT molecular complexity index is 892. The molecule has 0 saturated heterocycles. The van der Waals surface area contributed by atoms with Gasteiger partial charge in [0.2, 0.25) is 5.91 Å². The third-order valence-corrected chi connectivity index (χ3v) is 4.97. The van der Waals surface area contributed by atoms with Crippen LogP contribution < -0.4 is 10.1 Å². The zero-order valence-electron chi connectivity index (χ0n) is 17.4. The molecular formula is C23H27F3N2O2. The Kier molecular flexibility index (Phi) is 6.68. The summed E-state index contributed by atoms with van der Waals surface area (Å²) in [5, 5.41) is 2.72. The fraction of sp³-hybridized carbons (Fsp3) is 0.478. The molecule has 1 amide bonds. The number of benzene rings is 1. The Morgan fingerprint density at radius 1 is 1.17 bits per heavy atom. The third-order valence-electron chi connectivity index (χ3n) is 4.97. The van der Waals surface area contributed by atoms with Crippen LogP contribution in [0.1, 0.15) is 45.6 Å². The maximum Gasteiger partial charge on any atom is 0.419 e. The average Bonchev–Trinajstić information content (AvgIpc) is 3.50. The van der Waals surface area contributed by atoms with Gasteiger partial charge in [0.25, 0.3) is 0 Å². The largest absolute Gasteiger partial charge is 0.493 e. The lowest BCUT2D eigenvalue weighted by molar-refractivity contribution is -0.139. The lowest BCUT2D eigenvalue weighted by atomic mass is 9.99. The Labute approximate surface area is 174 Å². The molecule has 1 fully saturated rings. The molecule has 162 valence electrons. The van der Waals surface area contributed by atoms with Gasteiger partial charge in [0.1, 0.15) is 11.6 Å². The van der Waals surface area contributed by atoms with Gasteiger partial charge in [-0.05, 0) is 66.5 Å². The summed E-state index contributed by atoms with van der Waals surface area (Å²) in [5.41, 5.74) is 0.118. The summed E-state index contributed by atoms with van der Waals surface area (Å²) in [6, 6.07) is 7.25. The van der Waals surface area contributed by atoms with E-state index in [1.165, 1.54) is 12.3 Å². The molecule has 0 unspecified atom stereocenters. The van der Waals surface area contributed by atoms with Crippen LogP contribution in [0.15, 0.2) is 36.5 Å². The number of hydrogen-bond donors (Lipinski definition) is 1. The number of halogens is 3. The summed E-state index contributed by atoms with van der Waals surface area (Å²) in [7, 11) is 0. The predicted molar refractivity (Wildman–Crippen MR) is 110 cm³/mol. The Morgan fingerprint density at radius 2 is 1.87 bits per heavy atom. The molecular weight excluding hydrogens is 393 g/mol. The maximum absolute atomic E-state index is 13.7. The summed E-state index contributed by atoms with van der Waals surface area (Å²) in [6.07, 6.45) is -0.465. The van der Waals surface area contributed by atoms with Gasteiger partial charge in [-0.2, -0.15) is 13.2 Å². The number of ether oxygens (including phenoxy) is 1. The summed E-state index contributed by atoms with van der Waals surface area (Å²) < 4.78 is 46.6. The zero-order chi connectivity index (χ0) is 21.9. The molecule has 0 bridgehead atoms. The number of hydrogen-bond acceptors (Lipinski definition) is 3. The van der Waals surface area contributed by atoms with Gasteiger partial charge in [-0.1, -0.05) is 26.8 Å². The maximum atomic E-state index is 13.7. The van der Waals surface area contributed by atoms with E-state index < -0.39 is 11.7 Å². The molecule has 3 rings (SSSR count). The molecule has 0 spiro atoms. The highest BCUT2D eigenvalue weighted by Gasteiger charge is 2.35. The molecule has 1 heterocycles. The fourth-order valence-electron chi connectivity index (χ4n) is 3.41. The Balaban J connectivity index is 1.81. The third kappa shape index (κ3) is 5.97. The second-order valence-electron chi connectivity index (χ2n) is 8.45. The highest BCUT2D eigenvalue weighted by molar-refractivity contribution is 5.93. The second kappa shape index (κ2) is 9.06. The van der Waals surface area contributed by atoms with Crippen molar-refractivity contribution in [1.29, 1.82) is 0 Å². The normalized spacial score (nSPS) is 15.2. The number of anilines is 1. The lowest BCUT2D eigenvalue weighted by Gasteiger charge is -2.19. The fourth-order valence-corrected chi connectivity index (χ4v) is 3.41. The molecule has 4 nitrogen and oxygen atoms in total. The smallest absolute Gasteiger partial charge is 0.419 e. The van der Waals surface area contributed by atoms with Crippen molar-refractivity contribution in [3.05, 3.63) is 42.1 Å². The summed E-state index contributed by atoms with van der Waals surface area (Å²) in [5.74, 6) is 0.689. The first-order chi connectivity index (χ1) is 14.1. The van der Waals surface area contributed by atoms with Crippen molar-refractivity contribution in [2.45, 2.75) is 46.2 Å². The van der Waals surface area contributed by atoms with Crippen molar-refractivity contribution in [3.8, 4) is 16.9 Å². The topological polar surface area (TPSA) is 51.2 Å². The van der Waals surface area contributed by atoms with Crippen LogP contribution in [-0.2, 0) is 11.0 Å². The summed E-state index contributed by atoms with van der Waals surface area (Å²) in [4.78, 5) is 16.0. The van der Waals surface area contributed by atoms with Crippen molar-refractivity contribution in [2.75, 3.05) is 11.9 Å². The molecule has 30 heavy (non-hydrogen) atoms. The minimum Gasteiger partial charge on any atom is -0.493 e. The van der Waals surface area contributed by atoms with Crippen LogP contribution in [0.5, 0.6) is 5.75 Å². The van der Waals surface area contributed by atoms with Gasteiger partial charge in [0, 0.05) is 12.1 Å². The van der Waals surface area contributed by atoms with Crippen molar-refractivity contribution >= 4 is 11.7 Å². The Hall–Kier alpha value is -2.57. The SMILES string of the molecule is CC(C)C[C@@H](C)COc1ccc(-c2ccnc(NC(=O)C3CC3)c2)cc1C(F)(F)F. The van der Waals surface area contributed by atoms with E-state index in [2.05, 4.69) is 24.1 Å². The van der Waals surface area contributed by atoms with E-state index in [-0.39, 0.29) is 30.1 Å². The number of carbonyl (C=O) groups excluding carboxylic acids is 1. The van der Waals surface area contributed by atoms with Crippen LogP contribution in [0.2, 0.25) is 0 Å². The molecule has 1 aliphatic carbocycles. The van der Waals surface area contributed by atoms with Gasteiger partial charge in [-0.15, -0.1) is 0 Å². The van der Waals surface area contributed by atoms with Crippen LogP contribution in [0.3, 0.4) is 0 Å². The van der Waals surface area contributed by atoms with E-state index >= 15 is 0 Å². The van der Waals surface area contributed by atoms with Crippen LogP contribution in [0, 0.1) is 17.8 Å². The zero-order valence-corrected chi connectivity index (χ0v) is 17.4. The van der Waals surface area contributed by atoms with Crippen molar-refractivity contribution in [3.63, 3.8) is 0 Å². The van der Waals surface area contributed by atoms with Crippen molar-refractivity contribution in [1.82, 2.24) is 4.98 Å². The average molecular weight is 420 g/mol. The number of alkyl halides is 3.